The molecule has 0 radical (unpaired) electrons. The number of carbonyl (C=O) groups is 2. The normalized spacial score (nSPS) is 11.7. The van der Waals surface area contributed by atoms with Crippen molar-refractivity contribution in [1.82, 2.24) is 5.32 Å². The van der Waals surface area contributed by atoms with Gasteiger partial charge in [-0.05, 0) is 51.1 Å². The number of nitrogens with two attached hydrogens (primary N) is 1. The Hall–Kier alpha value is -3.13. The van der Waals surface area contributed by atoms with E-state index in [0.717, 1.165) is 6.07 Å². The van der Waals surface area contributed by atoms with Crippen LogP contribution in [0, 0.1) is 5.82 Å². The molecule has 0 aliphatic carbocycles. The number of hydrogen-bond acceptors (Lipinski definition) is 5. The zero-order chi connectivity index (χ0) is 19.8. The fraction of sp³-hybridized carbons (Fsp3) is 0.263. The summed E-state index contributed by atoms with van der Waals surface area (Å²) in [7, 11) is 0. The van der Waals surface area contributed by atoms with Gasteiger partial charge in [0.15, 0.2) is 5.76 Å². The van der Waals surface area contributed by atoms with Crippen LogP contribution in [0.25, 0.3) is 11.0 Å². The third-order valence-corrected chi connectivity index (χ3v) is 3.79. The Morgan fingerprint density at radius 1 is 1.15 bits per heavy atom. The van der Waals surface area contributed by atoms with Crippen LogP contribution in [0.15, 0.2) is 39.2 Å². The summed E-state index contributed by atoms with van der Waals surface area (Å²) >= 11 is 0. The zero-order valence-electron chi connectivity index (χ0n) is 15.2. The highest BCUT2D eigenvalue weighted by Crippen LogP contribution is 2.31. The Morgan fingerprint density at radius 2 is 1.89 bits per heavy atom. The number of amides is 2. The summed E-state index contributed by atoms with van der Waals surface area (Å²) < 4.78 is 24.4. The predicted octanol–water partition coefficient (Wildman–Crippen LogP) is 3.40. The summed E-state index contributed by atoms with van der Waals surface area (Å²) in [5.74, 6) is -1.66. The van der Waals surface area contributed by atoms with Crippen molar-refractivity contribution in [2.45, 2.75) is 32.9 Å². The van der Waals surface area contributed by atoms with Gasteiger partial charge < -0.3 is 25.2 Å². The number of primary amides is 1. The lowest BCUT2D eigenvalue weighted by Gasteiger charge is -2.19. The fourth-order valence-corrected chi connectivity index (χ4v) is 2.49. The fourth-order valence-electron chi connectivity index (χ4n) is 2.49. The Labute approximate surface area is 154 Å². The van der Waals surface area contributed by atoms with E-state index in [-0.39, 0.29) is 33.7 Å². The van der Waals surface area contributed by atoms with Crippen molar-refractivity contribution in [1.29, 1.82) is 0 Å². The van der Waals surface area contributed by atoms with Gasteiger partial charge in [0.25, 0.3) is 11.8 Å². The molecular formula is C19H20FN3O4. The van der Waals surface area contributed by atoms with Crippen molar-refractivity contribution in [3.8, 4) is 0 Å². The monoisotopic (exact) mass is 373 g/mol. The maximum atomic E-state index is 13.6. The quantitative estimate of drug-likeness (QED) is 0.635. The molecule has 2 heterocycles. The van der Waals surface area contributed by atoms with Crippen molar-refractivity contribution in [2.75, 3.05) is 5.32 Å². The second-order valence-corrected chi connectivity index (χ2v) is 7.13. The lowest BCUT2D eigenvalue weighted by atomic mass is 10.1. The molecule has 142 valence electrons. The predicted molar refractivity (Wildman–Crippen MR) is 97.9 cm³/mol. The minimum atomic E-state index is -0.878. The summed E-state index contributed by atoms with van der Waals surface area (Å²) in [6.07, 6.45) is 0. The molecule has 7 nitrogen and oxygen atoms in total. The highest BCUT2D eigenvalue weighted by molar-refractivity contribution is 6.13. The third-order valence-electron chi connectivity index (χ3n) is 3.79. The Morgan fingerprint density at radius 3 is 2.56 bits per heavy atom. The van der Waals surface area contributed by atoms with Crippen LogP contribution in [0.3, 0.4) is 0 Å². The third kappa shape index (κ3) is 4.17. The van der Waals surface area contributed by atoms with Gasteiger partial charge in [0.2, 0.25) is 5.76 Å². The van der Waals surface area contributed by atoms with Crippen molar-refractivity contribution in [3.05, 3.63) is 53.4 Å². The summed E-state index contributed by atoms with van der Waals surface area (Å²) in [6.45, 7) is 6.48. The van der Waals surface area contributed by atoms with Gasteiger partial charge >= 0.3 is 0 Å². The van der Waals surface area contributed by atoms with Crippen LogP contribution < -0.4 is 16.4 Å². The van der Waals surface area contributed by atoms with E-state index in [2.05, 4.69) is 10.6 Å². The van der Waals surface area contributed by atoms with Crippen LogP contribution in [-0.2, 0) is 6.54 Å². The SMILES string of the molecule is CC(C)(C)NCc1ccc(C(=O)Nc2c(C(N)=O)oc3ccc(F)cc23)o1. The van der Waals surface area contributed by atoms with E-state index in [0.29, 0.717) is 12.3 Å². The number of carbonyl (C=O) groups excluding carboxylic acids is 2. The van der Waals surface area contributed by atoms with Crippen LogP contribution in [0.5, 0.6) is 0 Å². The molecule has 1 aromatic carbocycles. The van der Waals surface area contributed by atoms with E-state index in [1.165, 1.54) is 18.2 Å². The second-order valence-electron chi connectivity index (χ2n) is 7.13. The molecular weight excluding hydrogens is 353 g/mol. The molecule has 2 aromatic heterocycles. The number of nitrogens with one attached hydrogen (secondary N) is 2. The molecule has 0 aliphatic heterocycles. The van der Waals surface area contributed by atoms with E-state index in [4.69, 9.17) is 14.6 Å². The first-order valence-electron chi connectivity index (χ1n) is 8.31. The highest BCUT2D eigenvalue weighted by Gasteiger charge is 2.23. The van der Waals surface area contributed by atoms with Gasteiger partial charge in [-0.25, -0.2) is 4.39 Å². The van der Waals surface area contributed by atoms with Gasteiger partial charge in [-0.1, -0.05) is 0 Å². The number of fused-ring (bicyclic) bond motifs is 1. The number of furan rings is 2. The van der Waals surface area contributed by atoms with E-state index in [1.807, 2.05) is 20.8 Å². The average Bonchev–Trinajstić information content (AvgIpc) is 3.17. The molecule has 0 atom stereocenters. The van der Waals surface area contributed by atoms with Crippen molar-refractivity contribution >= 4 is 28.5 Å². The van der Waals surface area contributed by atoms with E-state index >= 15 is 0 Å². The molecule has 0 saturated carbocycles. The molecule has 8 heteroatoms. The molecule has 27 heavy (non-hydrogen) atoms. The summed E-state index contributed by atoms with van der Waals surface area (Å²) in [5.41, 5.74) is 5.44. The summed E-state index contributed by atoms with van der Waals surface area (Å²) in [6, 6.07) is 6.89. The van der Waals surface area contributed by atoms with Gasteiger partial charge in [0, 0.05) is 10.9 Å². The minimum Gasteiger partial charge on any atom is -0.455 e. The number of halogens is 1. The Bertz CT molecular complexity index is 1010. The molecule has 0 spiro atoms. The maximum absolute atomic E-state index is 13.6. The maximum Gasteiger partial charge on any atom is 0.291 e. The van der Waals surface area contributed by atoms with E-state index in [1.54, 1.807) is 6.07 Å². The molecule has 0 aliphatic rings. The van der Waals surface area contributed by atoms with Crippen LogP contribution >= 0.6 is 0 Å². The molecule has 2 amide bonds. The largest absolute Gasteiger partial charge is 0.455 e. The molecule has 0 bridgehead atoms. The lowest BCUT2D eigenvalue weighted by molar-refractivity contribution is 0.0977. The van der Waals surface area contributed by atoms with Crippen molar-refractivity contribution in [2.24, 2.45) is 5.73 Å². The van der Waals surface area contributed by atoms with Gasteiger partial charge in [-0.15, -0.1) is 0 Å². The van der Waals surface area contributed by atoms with Crippen LogP contribution in [0.1, 0.15) is 47.6 Å². The van der Waals surface area contributed by atoms with E-state index in [9.17, 15) is 14.0 Å². The Balaban J connectivity index is 1.86. The van der Waals surface area contributed by atoms with Crippen LogP contribution in [0.2, 0.25) is 0 Å². The lowest BCUT2D eigenvalue weighted by Crippen LogP contribution is -2.34. The minimum absolute atomic E-state index is 0.00719. The van der Waals surface area contributed by atoms with Gasteiger partial charge in [-0.2, -0.15) is 0 Å². The zero-order valence-corrected chi connectivity index (χ0v) is 15.2. The number of hydrogen-bond donors (Lipinski definition) is 3. The number of rotatable bonds is 5. The van der Waals surface area contributed by atoms with Crippen LogP contribution in [-0.4, -0.2) is 17.4 Å². The first kappa shape index (κ1) is 18.7. The number of anilines is 1. The topological polar surface area (TPSA) is 110 Å². The average molecular weight is 373 g/mol. The van der Waals surface area contributed by atoms with Crippen molar-refractivity contribution in [3.63, 3.8) is 0 Å². The van der Waals surface area contributed by atoms with Gasteiger partial charge in [0.05, 0.1) is 6.54 Å². The Kier molecular flexibility index (Phi) is 4.75. The molecule has 0 saturated heterocycles. The smallest absolute Gasteiger partial charge is 0.291 e. The molecule has 0 unspecified atom stereocenters. The molecule has 3 rings (SSSR count). The summed E-state index contributed by atoms with van der Waals surface area (Å²) in [5, 5.41) is 6.01. The van der Waals surface area contributed by atoms with E-state index < -0.39 is 17.6 Å². The first-order chi connectivity index (χ1) is 12.6. The van der Waals surface area contributed by atoms with Crippen molar-refractivity contribution < 1.29 is 22.8 Å². The standard InChI is InChI=1S/C19H20FN3O4/c1-19(2,3)22-9-11-5-7-14(26-11)18(25)23-15-12-8-10(20)4-6-13(12)27-16(15)17(21)24/h4-8,22H,9H2,1-3H3,(H2,21,24)(H,23,25). The van der Waals surface area contributed by atoms with Crippen LogP contribution in [0.4, 0.5) is 10.1 Å². The molecule has 0 fully saturated rings. The first-order valence-corrected chi connectivity index (χ1v) is 8.31. The second kappa shape index (κ2) is 6.88. The molecule has 4 N–H and O–H groups in total. The van der Waals surface area contributed by atoms with Gasteiger partial charge in [-0.3, -0.25) is 9.59 Å². The van der Waals surface area contributed by atoms with Gasteiger partial charge in [0.1, 0.15) is 22.8 Å². The number of benzene rings is 1. The highest BCUT2D eigenvalue weighted by atomic mass is 19.1. The summed E-state index contributed by atoms with van der Waals surface area (Å²) in [4.78, 5) is 24.1. The molecule has 3 aromatic rings.